The lowest BCUT2D eigenvalue weighted by Gasteiger charge is -2.12. The largest absolute Gasteiger partial charge is 0.214 e. The number of rotatable bonds is 3. The van der Waals surface area contributed by atoms with Crippen molar-refractivity contribution >= 4 is 18.0 Å². The first kappa shape index (κ1) is 15.5. The molecule has 0 amide bonds. The van der Waals surface area contributed by atoms with E-state index in [9.17, 15) is 0 Å². The summed E-state index contributed by atoms with van der Waals surface area (Å²) in [4.78, 5) is 0. The van der Waals surface area contributed by atoms with E-state index in [1.54, 1.807) is 5.57 Å². The van der Waals surface area contributed by atoms with Gasteiger partial charge in [-0.2, -0.15) is 4.58 Å². The van der Waals surface area contributed by atoms with Crippen molar-refractivity contribution in [1.82, 2.24) is 0 Å². The summed E-state index contributed by atoms with van der Waals surface area (Å²) in [6, 6.07) is 6.51. The van der Waals surface area contributed by atoms with Crippen LogP contribution in [0.2, 0.25) is 0 Å². The third kappa shape index (κ3) is 3.41. The summed E-state index contributed by atoms with van der Waals surface area (Å²) in [5.41, 5.74) is 7.99. The fourth-order valence-electron chi connectivity index (χ4n) is 2.95. The van der Waals surface area contributed by atoms with Crippen LogP contribution < -0.4 is 0 Å². The standard InChI is InChI=1S/C20H26N/c1-6-18-11-10-15(3)20(14-18)21-12-8-9-19(7-2)16(4)13-17(21)5/h6,10-14H,1,7-9H2,2-5H3/q+1/b17-13-,19-16+,21-12+. The summed E-state index contributed by atoms with van der Waals surface area (Å²) >= 11 is 0. The van der Waals surface area contributed by atoms with Crippen LogP contribution in [0.25, 0.3) is 6.08 Å². The Labute approximate surface area is 129 Å². The van der Waals surface area contributed by atoms with Crippen LogP contribution in [0.1, 0.15) is 51.2 Å². The Balaban J connectivity index is 2.52. The van der Waals surface area contributed by atoms with Crippen molar-refractivity contribution in [2.45, 2.75) is 47.0 Å². The van der Waals surface area contributed by atoms with Crippen LogP contribution in [-0.4, -0.2) is 10.8 Å². The molecule has 0 N–H and O–H groups in total. The summed E-state index contributed by atoms with van der Waals surface area (Å²) in [7, 11) is 0. The molecule has 0 fully saturated rings. The molecule has 1 aromatic carbocycles. The number of benzene rings is 1. The molecule has 0 radical (unpaired) electrons. The molecular weight excluding hydrogens is 254 g/mol. The molecule has 1 heteroatoms. The van der Waals surface area contributed by atoms with Crippen molar-refractivity contribution in [1.29, 1.82) is 0 Å². The minimum atomic E-state index is 1.09. The van der Waals surface area contributed by atoms with Crippen molar-refractivity contribution < 1.29 is 4.58 Å². The summed E-state index contributed by atoms with van der Waals surface area (Å²) in [6.45, 7) is 12.7. The topological polar surface area (TPSA) is 3.01 Å². The Kier molecular flexibility index (Phi) is 4.95. The van der Waals surface area contributed by atoms with Crippen molar-refractivity contribution in [3.63, 3.8) is 0 Å². The van der Waals surface area contributed by atoms with Crippen LogP contribution in [0.3, 0.4) is 0 Å². The molecule has 0 unspecified atom stereocenters. The second kappa shape index (κ2) is 6.71. The Morgan fingerprint density at radius 1 is 1.24 bits per heavy atom. The number of nitrogens with zero attached hydrogens (tertiary/aromatic N) is 1. The van der Waals surface area contributed by atoms with E-state index in [1.807, 2.05) is 6.08 Å². The van der Waals surface area contributed by atoms with Crippen LogP contribution >= 0.6 is 0 Å². The van der Waals surface area contributed by atoms with E-state index >= 15 is 0 Å². The zero-order valence-electron chi connectivity index (χ0n) is 13.7. The third-order valence-electron chi connectivity index (χ3n) is 4.28. The molecule has 0 spiro atoms. The van der Waals surface area contributed by atoms with Crippen LogP contribution in [-0.2, 0) is 0 Å². The van der Waals surface area contributed by atoms with E-state index in [4.69, 9.17) is 0 Å². The molecule has 0 aromatic heterocycles. The number of aryl methyl sites for hydroxylation is 1. The fourth-order valence-corrected chi connectivity index (χ4v) is 2.95. The van der Waals surface area contributed by atoms with Gasteiger partial charge in [0, 0.05) is 31.1 Å². The van der Waals surface area contributed by atoms with Crippen molar-refractivity contribution in [2.75, 3.05) is 0 Å². The maximum absolute atomic E-state index is 3.88. The van der Waals surface area contributed by atoms with Gasteiger partial charge in [0.2, 0.25) is 5.69 Å². The van der Waals surface area contributed by atoms with E-state index in [0.717, 1.165) is 19.3 Å². The Morgan fingerprint density at radius 3 is 2.67 bits per heavy atom. The fraction of sp³-hybridized carbons (Fsp3) is 0.350. The van der Waals surface area contributed by atoms with Gasteiger partial charge in [0.05, 0.1) is 0 Å². The van der Waals surface area contributed by atoms with Gasteiger partial charge in [0.15, 0.2) is 11.9 Å². The molecule has 1 heterocycles. The summed E-state index contributed by atoms with van der Waals surface area (Å²) in [5.74, 6) is 0. The highest BCUT2D eigenvalue weighted by Gasteiger charge is 2.18. The minimum Gasteiger partial charge on any atom is -0.169 e. The van der Waals surface area contributed by atoms with E-state index in [0.29, 0.717) is 0 Å². The molecule has 0 bridgehead atoms. The lowest BCUT2D eigenvalue weighted by Crippen LogP contribution is -2.09. The maximum atomic E-state index is 3.88. The van der Waals surface area contributed by atoms with Gasteiger partial charge < -0.3 is 0 Å². The van der Waals surface area contributed by atoms with Crippen LogP contribution in [0, 0.1) is 6.92 Å². The predicted molar refractivity (Wildman–Crippen MR) is 93.2 cm³/mol. The highest BCUT2D eigenvalue weighted by atomic mass is 15.0. The molecule has 1 nitrogen and oxygen atoms in total. The zero-order chi connectivity index (χ0) is 15.4. The first-order valence-corrected chi connectivity index (χ1v) is 7.79. The quantitative estimate of drug-likeness (QED) is 0.618. The molecule has 2 rings (SSSR count). The highest BCUT2D eigenvalue weighted by Crippen LogP contribution is 2.26. The molecule has 0 atom stereocenters. The summed E-state index contributed by atoms with van der Waals surface area (Å²) in [6.07, 6.45) is 9.94. The average molecular weight is 280 g/mol. The molecule has 1 aliphatic heterocycles. The lowest BCUT2D eigenvalue weighted by molar-refractivity contribution is -0.379. The smallest absolute Gasteiger partial charge is 0.169 e. The van der Waals surface area contributed by atoms with E-state index in [-0.39, 0.29) is 0 Å². The zero-order valence-corrected chi connectivity index (χ0v) is 13.7. The van der Waals surface area contributed by atoms with Crippen molar-refractivity contribution in [3.05, 3.63) is 58.8 Å². The van der Waals surface area contributed by atoms with Gasteiger partial charge in [0.1, 0.15) is 0 Å². The van der Waals surface area contributed by atoms with Gasteiger partial charge in [-0.15, -0.1) is 0 Å². The van der Waals surface area contributed by atoms with E-state index in [2.05, 4.69) is 69.3 Å². The highest BCUT2D eigenvalue weighted by molar-refractivity contribution is 5.60. The predicted octanol–water partition coefficient (Wildman–Crippen LogP) is 5.78. The second-order valence-corrected chi connectivity index (χ2v) is 5.77. The van der Waals surface area contributed by atoms with Gasteiger partial charge >= 0.3 is 0 Å². The summed E-state index contributed by atoms with van der Waals surface area (Å²) < 4.78 is 2.33. The molecule has 0 saturated carbocycles. The summed E-state index contributed by atoms with van der Waals surface area (Å²) in [5, 5.41) is 0. The Morgan fingerprint density at radius 2 is 2.00 bits per heavy atom. The number of hydrogen-bond acceptors (Lipinski definition) is 0. The van der Waals surface area contributed by atoms with E-state index in [1.165, 1.54) is 28.1 Å². The van der Waals surface area contributed by atoms with Crippen LogP contribution in [0.4, 0.5) is 5.69 Å². The molecule has 1 aromatic rings. The lowest BCUT2D eigenvalue weighted by atomic mass is 9.99. The average Bonchev–Trinajstić information content (AvgIpc) is 2.47. The van der Waals surface area contributed by atoms with Crippen molar-refractivity contribution in [3.8, 4) is 0 Å². The van der Waals surface area contributed by atoms with Crippen molar-refractivity contribution in [2.24, 2.45) is 0 Å². The van der Waals surface area contributed by atoms with Gasteiger partial charge in [-0.3, -0.25) is 0 Å². The number of allylic oxidation sites excluding steroid dienone is 4. The Bertz CT molecular complexity index is 642. The number of hydrogen-bond donors (Lipinski definition) is 0. The molecule has 0 aliphatic carbocycles. The molecular formula is C20H26N+. The molecule has 0 saturated heterocycles. The first-order chi connectivity index (χ1) is 10.1. The first-order valence-electron chi connectivity index (χ1n) is 7.79. The van der Waals surface area contributed by atoms with Crippen LogP contribution in [0.15, 0.2) is 47.7 Å². The van der Waals surface area contributed by atoms with Gasteiger partial charge in [-0.05, 0) is 37.8 Å². The van der Waals surface area contributed by atoms with Gasteiger partial charge in [-0.1, -0.05) is 37.3 Å². The third-order valence-corrected chi connectivity index (χ3v) is 4.28. The maximum Gasteiger partial charge on any atom is 0.214 e. The Hall–Kier alpha value is -1.89. The SMILES string of the molecule is C=Cc1ccc(C)c([N+]2=C/CC/C(CC)=C(C)/C=C\2C)c1. The van der Waals surface area contributed by atoms with Gasteiger partial charge in [-0.25, -0.2) is 0 Å². The van der Waals surface area contributed by atoms with Crippen LogP contribution in [0.5, 0.6) is 0 Å². The monoisotopic (exact) mass is 280 g/mol. The second-order valence-electron chi connectivity index (χ2n) is 5.77. The normalized spacial score (nSPS) is 24.4. The van der Waals surface area contributed by atoms with E-state index < -0.39 is 0 Å². The minimum absolute atomic E-state index is 1.09. The van der Waals surface area contributed by atoms with Gasteiger partial charge in [0.25, 0.3) is 0 Å². The molecule has 21 heavy (non-hydrogen) atoms. The molecule has 1 aliphatic rings. The molecule has 110 valence electrons.